The Morgan fingerprint density at radius 3 is 2.47 bits per heavy atom. The first-order valence-electron chi connectivity index (χ1n) is 13.0. The fraction of sp³-hybridized carbons (Fsp3) is 0.692. The van der Waals surface area contributed by atoms with Crippen LogP contribution in [0.5, 0.6) is 17.4 Å². The van der Waals surface area contributed by atoms with Gasteiger partial charge in [0.1, 0.15) is 42.0 Å². The minimum absolute atomic E-state index is 0.111. The highest BCUT2D eigenvalue weighted by Gasteiger charge is 2.23. The fourth-order valence-electron chi connectivity index (χ4n) is 5.04. The maximum Gasteiger partial charge on any atom is 0.228 e. The molecule has 34 heavy (non-hydrogen) atoms. The maximum atomic E-state index is 6.51. The number of nitrogens with zero attached hydrogens (tertiary/aromatic N) is 4. The van der Waals surface area contributed by atoms with Gasteiger partial charge in [0, 0.05) is 57.7 Å². The molecule has 0 bridgehead atoms. The van der Waals surface area contributed by atoms with Gasteiger partial charge in [0.25, 0.3) is 0 Å². The Morgan fingerprint density at radius 1 is 0.912 bits per heavy atom. The Kier molecular flexibility index (Phi) is 7.98. The van der Waals surface area contributed by atoms with Crippen LogP contribution in [0.2, 0.25) is 0 Å². The molecule has 186 valence electrons. The molecule has 3 heterocycles. The van der Waals surface area contributed by atoms with E-state index in [2.05, 4.69) is 26.8 Å². The van der Waals surface area contributed by atoms with Gasteiger partial charge in [-0.25, -0.2) is 9.97 Å². The van der Waals surface area contributed by atoms with Gasteiger partial charge in [-0.05, 0) is 32.7 Å². The normalized spacial score (nSPS) is 21.6. The van der Waals surface area contributed by atoms with Crippen LogP contribution in [0.15, 0.2) is 18.5 Å². The van der Waals surface area contributed by atoms with E-state index in [-0.39, 0.29) is 12.2 Å². The van der Waals surface area contributed by atoms with E-state index in [4.69, 9.17) is 18.9 Å². The Bertz CT molecular complexity index is 922. The minimum atomic E-state index is 0.111. The summed E-state index contributed by atoms with van der Waals surface area (Å²) in [6, 6.07) is 3.99. The number of likely N-dealkylation sites (N-methyl/N-ethyl adjacent to an activating group) is 1. The summed E-state index contributed by atoms with van der Waals surface area (Å²) in [5, 5.41) is 0.853. The summed E-state index contributed by atoms with van der Waals surface area (Å²) in [4.78, 5) is 13.9. The molecular weight excluding hydrogens is 432 g/mol. The van der Waals surface area contributed by atoms with E-state index in [0.29, 0.717) is 12.5 Å². The highest BCUT2D eigenvalue weighted by Crippen LogP contribution is 2.38. The maximum absolute atomic E-state index is 6.51. The van der Waals surface area contributed by atoms with Crippen LogP contribution < -0.4 is 14.2 Å². The summed E-state index contributed by atoms with van der Waals surface area (Å²) in [5.41, 5.74) is 0.806. The van der Waals surface area contributed by atoms with Gasteiger partial charge in [-0.15, -0.1) is 0 Å². The lowest BCUT2D eigenvalue weighted by atomic mass is 9.98. The highest BCUT2D eigenvalue weighted by molar-refractivity contribution is 5.91. The minimum Gasteiger partial charge on any atom is -0.492 e. The van der Waals surface area contributed by atoms with E-state index < -0.39 is 0 Å². The van der Waals surface area contributed by atoms with Crippen LogP contribution in [-0.2, 0) is 4.74 Å². The summed E-state index contributed by atoms with van der Waals surface area (Å²) in [7, 11) is 2.18. The van der Waals surface area contributed by atoms with Gasteiger partial charge in [-0.3, -0.25) is 4.90 Å². The second-order valence-corrected chi connectivity index (χ2v) is 9.80. The molecular formula is C26H38N4O4. The summed E-state index contributed by atoms with van der Waals surface area (Å²) in [6.07, 6.45) is 9.54. The van der Waals surface area contributed by atoms with Crippen LogP contribution in [-0.4, -0.2) is 91.6 Å². The van der Waals surface area contributed by atoms with Gasteiger partial charge in [-0.2, -0.15) is 0 Å². The molecule has 0 unspecified atom stereocenters. The van der Waals surface area contributed by atoms with Crippen molar-refractivity contribution in [2.75, 3.05) is 59.6 Å². The van der Waals surface area contributed by atoms with Crippen LogP contribution in [0.1, 0.15) is 44.9 Å². The average Bonchev–Trinajstić information content (AvgIpc) is 2.86. The van der Waals surface area contributed by atoms with Crippen molar-refractivity contribution in [2.45, 2.75) is 57.2 Å². The van der Waals surface area contributed by atoms with Crippen LogP contribution in [0.3, 0.4) is 0 Å². The number of hydrogen-bond acceptors (Lipinski definition) is 8. The molecule has 0 spiro atoms. The number of hydrogen-bond donors (Lipinski definition) is 0. The third-order valence-electron chi connectivity index (χ3n) is 7.21. The van der Waals surface area contributed by atoms with Crippen molar-refractivity contribution in [1.29, 1.82) is 0 Å². The second kappa shape index (κ2) is 11.5. The molecule has 0 atom stereocenters. The molecule has 1 aliphatic carbocycles. The quantitative estimate of drug-likeness (QED) is 0.581. The van der Waals surface area contributed by atoms with E-state index in [1.807, 2.05) is 12.1 Å². The third-order valence-corrected chi connectivity index (χ3v) is 7.21. The Morgan fingerprint density at radius 2 is 1.68 bits per heavy atom. The number of rotatable bonds is 8. The van der Waals surface area contributed by atoms with Crippen molar-refractivity contribution in [2.24, 2.45) is 0 Å². The van der Waals surface area contributed by atoms with E-state index in [9.17, 15) is 0 Å². The number of piperazine rings is 1. The molecule has 1 aromatic heterocycles. The van der Waals surface area contributed by atoms with Crippen LogP contribution in [0, 0.1) is 0 Å². The number of fused-ring (bicyclic) bond motifs is 1. The predicted octanol–water partition coefficient (Wildman–Crippen LogP) is 3.53. The topological polar surface area (TPSA) is 69.2 Å². The summed E-state index contributed by atoms with van der Waals surface area (Å²) >= 11 is 0. The first-order valence-corrected chi connectivity index (χ1v) is 13.0. The van der Waals surface area contributed by atoms with Gasteiger partial charge in [0.2, 0.25) is 5.88 Å². The van der Waals surface area contributed by atoms with Gasteiger partial charge in [0.05, 0.1) is 18.7 Å². The summed E-state index contributed by atoms with van der Waals surface area (Å²) in [5.74, 6) is 2.17. The summed E-state index contributed by atoms with van der Waals surface area (Å²) < 4.78 is 24.6. The number of ether oxygens (including phenoxy) is 4. The molecule has 8 nitrogen and oxygen atoms in total. The zero-order chi connectivity index (χ0) is 23.2. The van der Waals surface area contributed by atoms with Crippen LogP contribution in [0.25, 0.3) is 10.9 Å². The highest BCUT2D eigenvalue weighted by atomic mass is 16.5. The zero-order valence-electron chi connectivity index (χ0n) is 20.4. The van der Waals surface area contributed by atoms with Gasteiger partial charge in [-0.1, -0.05) is 6.42 Å². The number of aromatic nitrogens is 2. The second-order valence-electron chi connectivity index (χ2n) is 9.80. The SMILES string of the molecule is CN1CCN(CCOc2cc(OC3CCOCC3)c3c(OC4CCCCC4)ncnc3c2)CC1. The first-order chi connectivity index (χ1) is 16.7. The lowest BCUT2D eigenvalue weighted by Gasteiger charge is -2.32. The molecule has 1 saturated carbocycles. The first kappa shape index (κ1) is 23.6. The van der Waals surface area contributed by atoms with Crippen LogP contribution >= 0.6 is 0 Å². The Labute approximate surface area is 202 Å². The Hall–Kier alpha value is -2.16. The number of benzene rings is 1. The van der Waals surface area contributed by atoms with Crippen LogP contribution in [0.4, 0.5) is 0 Å². The lowest BCUT2D eigenvalue weighted by molar-refractivity contribution is 0.0260. The summed E-state index contributed by atoms with van der Waals surface area (Å²) in [6.45, 7) is 7.41. The molecule has 5 rings (SSSR count). The molecule has 0 radical (unpaired) electrons. The molecule has 2 aromatic rings. The standard InChI is InChI=1S/C26H38N4O4/c1-29-9-11-30(12-10-29)13-16-32-22-17-23-25(24(18-22)33-21-7-14-31-15-8-21)26(28-19-27-23)34-20-5-3-2-4-6-20/h17-21H,2-16H2,1H3. The fourth-order valence-corrected chi connectivity index (χ4v) is 5.04. The molecule has 2 aliphatic heterocycles. The van der Waals surface area contributed by atoms with E-state index in [1.54, 1.807) is 6.33 Å². The van der Waals surface area contributed by atoms with Gasteiger partial charge < -0.3 is 23.8 Å². The third kappa shape index (κ3) is 6.09. The van der Waals surface area contributed by atoms with Crippen molar-refractivity contribution in [3.8, 4) is 17.4 Å². The largest absolute Gasteiger partial charge is 0.492 e. The van der Waals surface area contributed by atoms with E-state index in [0.717, 1.165) is 94.0 Å². The van der Waals surface area contributed by atoms with Crippen molar-refractivity contribution >= 4 is 10.9 Å². The zero-order valence-corrected chi connectivity index (χ0v) is 20.4. The lowest BCUT2D eigenvalue weighted by Crippen LogP contribution is -2.45. The molecule has 0 N–H and O–H groups in total. The van der Waals surface area contributed by atoms with Gasteiger partial charge >= 0.3 is 0 Å². The van der Waals surface area contributed by atoms with E-state index in [1.165, 1.54) is 19.3 Å². The van der Waals surface area contributed by atoms with Crippen molar-refractivity contribution in [3.05, 3.63) is 18.5 Å². The Balaban J connectivity index is 1.35. The molecule has 2 saturated heterocycles. The van der Waals surface area contributed by atoms with E-state index >= 15 is 0 Å². The van der Waals surface area contributed by atoms with Crippen molar-refractivity contribution in [3.63, 3.8) is 0 Å². The van der Waals surface area contributed by atoms with Crippen molar-refractivity contribution < 1.29 is 18.9 Å². The smallest absolute Gasteiger partial charge is 0.228 e. The molecule has 3 fully saturated rings. The van der Waals surface area contributed by atoms with Gasteiger partial charge in [0.15, 0.2) is 0 Å². The molecule has 0 amide bonds. The average molecular weight is 471 g/mol. The molecule has 3 aliphatic rings. The molecule has 1 aromatic carbocycles. The van der Waals surface area contributed by atoms with Crippen molar-refractivity contribution in [1.82, 2.24) is 19.8 Å². The monoisotopic (exact) mass is 470 g/mol. The molecule has 8 heteroatoms. The predicted molar refractivity (Wildman–Crippen MR) is 131 cm³/mol.